The number of halogens is 1. The number of methoxy groups -OCH3 is 1. The predicted octanol–water partition coefficient (Wildman–Crippen LogP) is 1.65. The Balaban J connectivity index is 0.00000180. The molecular weight excluding hydrogens is 264 g/mol. The molecule has 0 saturated carbocycles. The molecular formula is C14H21ClN2O2. The van der Waals surface area contributed by atoms with E-state index >= 15 is 0 Å². The molecule has 5 heteroatoms. The molecule has 1 unspecified atom stereocenters. The smallest absolute Gasteiger partial charge is 0.229 e. The molecule has 1 heterocycles. The van der Waals surface area contributed by atoms with Gasteiger partial charge in [-0.1, -0.05) is 12.1 Å². The third-order valence-corrected chi connectivity index (χ3v) is 3.39. The average molecular weight is 285 g/mol. The van der Waals surface area contributed by atoms with Crippen LogP contribution in [0.5, 0.6) is 5.75 Å². The van der Waals surface area contributed by atoms with E-state index in [1.165, 1.54) is 0 Å². The van der Waals surface area contributed by atoms with Crippen LogP contribution in [0.2, 0.25) is 0 Å². The third kappa shape index (κ3) is 3.85. The fourth-order valence-electron chi connectivity index (χ4n) is 2.21. The number of carbonyl (C=O) groups is 1. The van der Waals surface area contributed by atoms with Crippen LogP contribution < -0.4 is 10.1 Å². The van der Waals surface area contributed by atoms with Crippen molar-refractivity contribution < 1.29 is 9.53 Å². The van der Waals surface area contributed by atoms with Crippen LogP contribution in [0.1, 0.15) is 18.4 Å². The quantitative estimate of drug-likeness (QED) is 0.918. The molecule has 0 bridgehead atoms. The van der Waals surface area contributed by atoms with Crippen molar-refractivity contribution in [2.45, 2.75) is 12.8 Å². The average Bonchev–Trinajstić information content (AvgIpc) is 2.46. The zero-order valence-electron chi connectivity index (χ0n) is 11.4. The fraction of sp³-hybridized carbons (Fsp3) is 0.500. The van der Waals surface area contributed by atoms with Gasteiger partial charge in [0.15, 0.2) is 0 Å². The van der Waals surface area contributed by atoms with Crippen molar-refractivity contribution in [3.05, 3.63) is 29.8 Å². The zero-order valence-corrected chi connectivity index (χ0v) is 12.2. The van der Waals surface area contributed by atoms with Gasteiger partial charge in [-0.2, -0.15) is 0 Å². The zero-order chi connectivity index (χ0) is 13.0. The summed E-state index contributed by atoms with van der Waals surface area (Å²) < 4.78 is 5.20. The van der Waals surface area contributed by atoms with Crippen LogP contribution in [0.3, 0.4) is 0 Å². The Morgan fingerprint density at radius 1 is 1.37 bits per heavy atom. The fourth-order valence-corrected chi connectivity index (χ4v) is 2.21. The molecule has 0 aromatic heterocycles. The Morgan fingerprint density at radius 3 is 2.68 bits per heavy atom. The lowest BCUT2D eigenvalue weighted by Gasteiger charge is -2.30. The number of hydrogen-bond acceptors (Lipinski definition) is 3. The lowest BCUT2D eigenvalue weighted by atomic mass is 9.99. The van der Waals surface area contributed by atoms with Crippen molar-refractivity contribution >= 4 is 18.3 Å². The standard InChI is InChI=1S/C14H20N2O2.ClH/c1-11(12-4-3-5-13(10-12)18-2)14(17)16-8-6-15-7-9-16;/h3-5,10-11,15H,6-9H2,1-2H3;1H. The predicted molar refractivity (Wildman–Crippen MR) is 78.1 cm³/mol. The van der Waals surface area contributed by atoms with Gasteiger partial charge in [-0.05, 0) is 24.6 Å². The highest BCUT2D eigenvalue weighted by molar-refractivity contribution is 5.85. The first-order valence-corrected chi connectivity index (χ1v) is 6.36. The maximum Gasteiger partial charge on any atom is 0.229 e. The van der Waals surface area contributed by atoms with Crippen molar-refractivity contribution in [1.29, 1.82) is 0 Å². The first-order valence-electron chi connectivity index (χ1n) is 6.36. The van der Waals surface area contributed by atoms with E-state index < -0.39 is 0 Å². The minimum atomic E-state index is -0.113. The summed E-state index contributed by atoms with van der Waals surface area (Å²) in [7, 11) is 1.64. The van der Waals surface area contributed by atoms with Crippen LogP contribution in [-0.2, 0) is 4.79 Å². The Bertz CT molecular complexity index is 420. The van der Waals surface area contributed by atoms with E-state index in [4.69, 9.17) is 4.74 Å². The topological polar surface area (TPSA) is 41.6 Å². The summed E-state index contributed by atoms with van der Waals surface area (Å²) in [5.41, 5.74) is 1.01. The molecule has 1 fully saturated rings. The van der Waals surface area contributed by atoms with Gasteiger partial charge in [-0.3, -0.25) is 4.79 Å². The lowest BCUT2D eigenvalue weighted by Crippen LogP contribution is -2.47. The second-order valence-corrected chi connectivity index (χ2v) is 4.57. The summed E-state index contributed by atoms with van der Waals surface area (Å²) in [5, 5.41) is 3.25. The van der Waals surface area contributed by atoms with Crippen molar-refractivity contribution in [2.24, 2.45) is 0 Å². The summed E-state index contributed by atoms with van der Waals surface area (Å²) in [6.07, 6.45) is 0. The van der Waals surface area contributed by atoms with E-state index in [1.807, 2.05) is 36.1 Å². The van der Waals surface area contributed by atoms with Gasteiger partial charge in [-0.15, -0.1) is 12.4 Å². The van der Waals surface area contributed by atoms with Crippen molar-refractivity contribution in [3.8, 4) is 5.75 Å². The highest BCUT2D eigenvalue weighted by atomic mass is 35.5. The molecule has 1 atom stereocenters. The van der Waals surface area contributed by atoms with Crippen molar-refractivity contribution in [1.82, 2.24) is 10.2 Å². The normalized spacial score (nSPS) is 16.4. The van der Waals surface area contributed by atoms with Gasteiger partial charge in [0.25, 0.3) is 0 Å². The highest BCUT2D eigenvalue weighted by Gasteiger charge is 2.23. The van der Waals surface area contributed by atoms with Gasteiger partial charge in [-0.25, -0.2) is 0 Å². The Hall–Kier alpha value is -1.26. The highest BCUT2D eigenvalue weighted by Crippen LogP contribution is 2.22. The van der Waals surface area contributed by atoms with Gasteiger partial charge in [0.2, 0.25) is 5.91 Å². The second-order valence-electron chi connectivity index (χ2n) is 4.57. The molecule has 1 aromatic rings. The molecule has 106 valence electrons. The summed E-state index contributed by atoms with van der Waals surface area (Å²) in [6, 6.07) is 7.74. The molecule has 1 aliphatic rings. The van der Waals surface area contributed by atoms with Crippen LogP contribution >= 0.6 is 12.4 Å². The number of nitrogens with zero attached hydrogens (tertiary/aromatic N) is 1. The first kappa shape index (κ1) is 15.8. The molecule has 19 heavy (non-hydrogen) atoms. The maximum atomic E-state index is 12.4. The van der Waals surface area contributed by atoms with Gasteiger partial charge in [0.1, 0.15) is 5.75 Å². The monoisotopic (exact) mass is 284 g/mol. The van der Waals surface area contributed by atoms with Gasteiger partial charge in [0.05, 0.1) is 13.0 Å². The number of piperazine rings is 1. The lowest BCUT2D eigenvalue weighted by molar-refractivity contribution is -0.133. The Kier molecular flexibility index (Phi) is 6.12. The van der Waals surface area contributed by atoms with E-state index in [1.54, 1.807) is 7.11 Å². The van der Waals surface area contributed by atoms with Gasteiger partial charge < -0.3 is 15.0 Å². The van der Waals surface area contributed by atoms with Crippen LogP contribution in [0.15, 0.2) is 24.3 Å². The summed E-state index contributed by atoms with van der Waals surface area (Å²) >= 11 is 0. The van der Waals surface area contributed by atoms with E-state index in [9.17, 15) is 4.79 Å². The van der Waals surface area contributed by atoms with E-state index in [2.05, 4.69) is 5.32 Å². The van der Waals surface area contributed by atoms with Crippen LogP contribution in [0, 0.1) is 0 Å². The molecule has 2 rings (SSSR count). The number of benzene rings is 1. The third-order valence-electron chi connectivity index (χ3n) is 3.39. The summed E-state index contributed by atoms with van der Waals surface area (Å²) in [4.78, 5) is 14.3. The second kappa shape index (κ2) is 7.36. The van der Waals surface area contributed by atoms with Gasteiger partial charge in [0, 0.05) is 26.2 Å². The summed E-state index contributed by atoms with van der Waals surface area (Å²) in [5.74, 6) is 0.885. The number of rotatable bonds is 3. The number of hydrogen-bond donors (Lipinski definition) is 1. The summed E-state index contributed by atoms with van der Waals surface area (Å²) in [6.45, 7) is 5.33. The molecule has 4 nitrogen and oxygen atoms in total. The first-order chi connectivity index (χ1) is 8.72. The molecule has 1 N–H and O–H groups in total. The van der Waals surface area contributed by atoms with Crippen LogP contribution in [0.4, 0.5) is 0 Å². The molecule has 1 amide bonds. The van der Waals surface area contributed by atoms with Crippen molar-refractivity contribution in [3.63, 3.8) is 0 Å². The molecule has 0 aliphatic carbocycles. The number of carbonyl (C=O) groups excluding carboxylic acids is 1. The molecule has 1 aromatic carbocycles. The molecule has 0 spiro atoms. The van der Waals surface area contributed by atoms with Gasteiger partial charge >= 0.3 is 0 Å². The molecule has 1 saturated heterocycles. The van der Waals surface area contributed by atoms with E-state index in [-0.39, 0.29) is 24.2 Å². The molecule has 1 aliphatic heterocycles. The molecule has 0 radical (unpaired) electrons. The minimum absolute atomic E-state index is 0. The number of nitrogens with one attached hydrogen (secondary N) is 1. The SMILES string of the molecule is COc1cccc(C(C)C(=O)N2CCNCC2)c1.Cl. The minimum Gasteiger partial charge on any atom is -0.497 e. The largest absolute Gasteiger partial charge is 0.497 e. The number of ether oxygens (including phenoxy) is 1. The van der Waals surface area contributed by atoms with E-state index in [0.29, 0.717) is 0 Å². The van der Waals surface area contributed by atoms with Crippen LogP contribution in [-0.4, -0.2) is 44.1 Å². The maximum absolute atomic E-state index is 12.4. The van der Waals surface area contributed by atoms with Crippen molar-refractivity contribution in [2.75, 3.05) is 33.3 Å². The van der Waals surface area contributed by atoms with Crippen LogP contribution in [0.25, 0.3) is 0 Å². The number of amides is 1. The van der Waals surface area contributed by atoms with E-state index in [0.717, 1.165) is 37.5 Å². The Morgan fingerprint density at radius 2 is 2.05 bits per heavy atom. The Labute approximate surface area is 120 Å².